The molecular weight excluding hydrogens is 408 g/mol. The van der Waals surface area contributed by atoms with Crippen molar-refractivity contribution in [3.8, 4) is 0 Å². The van der Waals surface area contributed by atoms with Gasteiger partial charge in [-0.05, 0) is 55.4 Å². The largest absolute Gasteiger partial charge is 0.352 e. The number of carbonyl (C=O) groups is 2. The van der Waals surface area contributed by atoms with Gasteiger partial charge in [-0.2, -0.15) is 0 Å². The van der Waals surface area contributed by atoms with Crippen LogP contribution in [0.1, 0.15) is 64.7 Å². The van der Waals surface area contributed by atoms with E-state index in [9.17, 15) is 9.59 Å². The minimum absolute atomic E-state index is 0.00791. The Morgan fingerprint density at radius 3 is 2.16 bits per heavy atom. The van der Waals surface area contributed by atoms with Gasteiger partial charge in [-0.1, -0.05) is 74.8 Å². The summed E-state index contributed by atoms with van der Waals surface area (Å²) in [5, 5.41) is 3.50. The number of benzene rings is 2. The number of hydrogen-bond acceptors (Lipinski definition) is 2. The van der Waals surface area contributed by atoms with Crippen LogP contribution in [0.3, 0.4) is 0 Å². The van der Waals surface area contributed by atoms with Gasteiger partial charge in [0.05, 0.1) is 0 Å². The lowest BCUT2D eigenvalue weighted by molar-refractivity contribution is -0.140. The molecule has 5 heteroatoms. The topological polar surface area (TPSA) is 49.4 Å². The van der Waals surface area contributed by atoms with E-state index in [2.05, 4.69) is 50.4 Å². The predicted molar refractivity (Wildman–Crippen MR) is 128 cm³/mol. The van der Waals surface area contributed by atoms with Crippen LogP contribution in [0.15, 0.2) is 48.5 Å². The molecule has 168 valence electrons. The van der Waals surface area contributed by atoms with Crippen molar-refractivity contribution in [3.63, 3.8) is 0 Å². The molecule has 4 nitrogen and oxygen atoms in total. The first kappa shape index (κ1) is 24.9. The van der Waals surface area contributed by atoms with Gasteiger partial charge in [0, 0.05) is 24.0 Å². The molecule has 2 aromatic carbocycles. The van der Waals surface area contributed by atoms with Gasteiger partial charge < -0.3 is 10.2 Å². The Kier molecular flexibility index (Phi) is 8.69. The molecule has 0 bridgehead atoms. The van der Waals surface area contributed by atoms with Crippen LogP contribution in [0.5, 0.6) is 0 Å². The van der Waals surface area contributed by atoms with E-state index >= 15 is 0 Å². The van der Waals surface area contributed by atoms with E-state index in [1.807, 2.05) is 32.0 Å². The fourth-order valence-corrected chi connectivity index (χ4v) is 3.56. The van der Waals surface area contributed by atoms with Crippen LogP contribution in [0.4, 0.5) is 0 Å². The second kappa shape index (κ2) is 10.8. The monoisotopic (exact) mass is 442 g/mol. The number of nitrogens with zero attached hydrogens (tertiary/aromatic N) is 1. The zero-order valence-corrected chi connectivity index (χ0v) is 20.3. The highest BCUT2D eigenvalue weighted by Crippen LogP contribution is 2.23. The summed E-state index contributed by atoms with van der Waals surface area (Å²) < 4.78 is 0. The molecule has 31 heavy (non-hydrogen) atoms. The predicted octanol–water partition coefficient (Wildman–Crippen LogP) is 5.51. The number of rotatable bonds is 8. The van der Waals surface area contributed by atoms with E-state index in [1.54, 1.807) is 17.9 Å². The molecule has 0 saturated carbocycles. The maximum Gasteiger partial charge on any atom is 0.242 e. The first-order valence-corrected chi connectivity index (χ1v) is 11.3. The minimum atomic E-state index is -0.588. The number of amides is 2. The Balaban J connectivity index is 2.15. The van der Waals surface area contributed by atoms with Crippen LogP contribution in [0.25, 0.3) is 0 Å². The summed E-state index contributed by atoms with van der Waals surface area (Å²) in [6.45, 7) is 12.4. The average Bonchev–Trinajstić information content (AvgIpc) is 2.70. The molecule has 0 aliphatic heterocycles. The maximum atomic E-state index is 13.2. The van der Waals surface area contributed by atoms with Crippen molar-refractivity contribution in [2.24, 2.45) is 0 Å². The standard InChI is InChI=1S/C26H35ClN2O2/c1-18(2)28-25(31)19(3)29(17-21-9-7-8-10-23(21)27)24(30)16-13-20-11-14-22(15-12-20)26(4,5)6/h7-12,14-15,18-19H,13,16-17H2,1-6H3,(H,28,31)/t19-/m0/s1. The van der Waals surface area contributed by atoms with Gasteiger partial charge in [-0.25, -0.2) is 0 Å². The average molecular weight is 443 g/mol. The number of halogens is 1. The van der Waals surface area contributed by atoms with E-state index in [4.69, 9.17) is 11.6 Å². The van der Waals surface area contributed by atoms with Gasteiger partial charge in [0.25, 0.3) is 0 Å². The van der Waals surface area contributed by atoms with Gasteiger partial charge in [0.15, 0.2) is 0 Å². The first-order chi connectivity index (χ1) is 14.5. The normalized spacial score (nSPS) is 12.5. The van der Waals surface area contributed by atoms with Crippen LogP contribution in [0, 0.1) is 0 Å². The Morgan fingerprint density at radius 2 is 1.61 bits per heavy atom. The molecule has 0 unspecified atom stereocenters. The lowest BCUT2D eigenvalue weighted by Crippen LogP contribution is -2.49. The SMILES string of the molecule is CC(C)NC(=O)[C@H](C)N(Cc1ccccc1Cl)C(=O)CCc1ccc(C(C)(C)C)cc1. The van der Waals surface area contributed by atoms with Crippen LogP contribution in [-0.2, 0) is 28.0 Å². The van der Waals surface area contributed by atoms with Gasteiger partial charge in [-0.15, -0.1) is 0 Å². The van der Waals surface area contributed by atoms with Gasteiger partial charge >= 0.3 is 0 Å². The quantitative estimate of drug-likeness (QED) is 0.585. The zero-order chi connectivity index (χ0) is 23.2. The summed E-state index contributed by atoms with van der Waals surface area (Å²) in [6.07, 6.45) is 0.958. The lowest BCUT2D eigenvalue weighted by Gasteiger charge is -2.29. The maximum absolute atomic E-state index is 13.2. The second-order valence-electron chi connectivity index (χ2n) is 9.40. The fraction of sp³-hybridized carbons (Fsp3) is 0.462. The van der Waals surface area contributed by atoms with Gasteiger partial charge in [0.2, 0.25) is 11.8 Å². The van der Waals surface area contributed by atoms with Crippen molar-refractivity contribution in [1.82, 2.24) is 10.2 Å². The Labute approximate surface area is 192 Å². The fourth-order valence-electron chi connectivity index (χ4n) is 3.36. The van der Waals surface area contributed by atoms with Crippen LogP contribution in [0.2, 0.25) is 5.02 Å². The number of hydrogen-bond donors (Lipinski definition) is 1. The first-order valence-electron chi connectivity index (χ1n) is 10.9. The molecule has 0 saturated heterocycles. The highest BCUT2D eigenvalue weighted by Gasteiger charge is 2.26. The zero-order valence-electron chi connectivity index (χ0n) is 19.5. The smallest absolute Gasteiger partial charge is 0.242 e. The molecule has 1 atom stereocenters. The summed E-state index contributed by atoms with van der Waals surface area (Å²) >= 11 is 6.33. The van der Waals surface area contributed by atoms with Crippen LogP contribution >= 0.6 is 11.6 Å². The molecular formula is C26H35ClN2O2. The minimum Gasteiger partial charge on any atom is -0.352 e. The van der Waals surface area contributed by atoms with Crippen molar-refractivity contribution in [1.29, 1.82) is 0 Å². The highest BCUT2D eigenvalue weighted by molar-refractivity contribution is 6.31. The molecule has 2 rings (SSSR count). The van der Waals surface area contributed by atoms with Crippen molar-refractivity contribution < 1.29 is 9.59 Å². The summed E-state index contributed by atoms with van der Waals surface area (Å²) in [4.78, 5) is 27.5. The van der Waals surface area contributed by atoms with Crippen molar-refractivity contribution in [3.05, 3.63) is 70.2 Å². The molecule has 0 aliphatic rings. The van der Waals surface area contributed by atoms with E-state index in [0.29, 0.717) is 24.4 Å². The van der Waals surface area contributed by atoms with Gasteiger partial charge in [0.1, 0.15) is 6.04 Å². The lowest BCUT2D eigenvalue weighted by atomic mass is 9.86. The van der Waals surface area contributed by atoms with Crippen molar-refractivity contribution in [2.45, 2.75) is 78.4 Å². The Bertz CT molecular complexity index is 885. The molecule has 0 aliphatic carbocycles. The summed E-state index contributed by atoms with van der Waals surface area (Å²) in [5.74, 6) is -0.226. The molecule has 0 fully saturated rings. The van der Waals surface area contributed by atoms with Gasteiger partial charge in [-0.3, -0.25) is 9.59 Å². The molecule has 2 amide bonds. The molecule has 1 N–H and O–H groups in total. The molecule has 2 aromatic rings. The third kappa shape index (κ3) is 7.39. The van der Waals surface area contributed by atoms with E-state index < -0.39 is 6.04 Å². The van der Waals surface area contributed by atoms with Crippen LogP contribution < -0.4 is 5.32 Å². The molecule has 0 radical (unpaired) electrons. The third-order valence-electron chi connectivity index (χ3n) is 5.34. The van der Waals surface area contributed by atoms with Crippen LogP contribution in [-0.4, -0.2) is 28.8 Å². The number of nitrogens with one attached hydrogen (secondary N) is 1. The number of aryl methyl sites for hydroxylation is 1. The molecule has 0 heterocycles. The number of carbonyl (C=O) groups excluding carboxylic acids is 2. The van der Waals surface area contributed by atoms with E-state index in [0.717, 1.165) is 11.1 Å². The molecule has 0 aromatic heterocycles. The second-order valence-corrected chi connectivity index (χ2v) is 9.81. The Hall–Kier alpha value is -2.33. The molecule has 0 spiro atoms. The summed E-state index contributed by atoms with van der Waals surface area (Å²) in [6, 6.07) is 15.3. The van der Waals surface area contributed by atoms with Crippen molar-refractivity contribution >= 4 is 23.4 Å². The summed E-state index contributed by atoms with van der Waals surface area (Å²) in [5.41, 5.74) is 3.30. The highest BCUT2D eigenvalue weighted by atomic mass is 35.5. The summed E-state index contributed by atoms with van der Waals surface area (Å²) in [7, 11) is 0. The van der Waals surface area contributed by atoms with E-state index in [1.165, 1.54) is 5.56 Å². The van der Waals surface area contributed by atoms with Crippen molar-refractivity contribution in [2.75, 3.05) is 0 Å². The third-order valence-corrected chi connectivity index (χ3v) is 5.71. The Morgan fingerprint density at radius 1 is 1.00 bits per heavy atom. The van der Waals surface area contributed by atoms with E-state index in [-0.39, 0.29) is 23.3 Å².